The fourth-order valence-electron chi connectivity index (χ4n) is 2.13. The first-order valence-electron chi connectivity index (χ1n) is 5.65. The van der Waals surface area contributed by atoms with Gasteiger partial charge in [0.25, 0.3) is 0 Å². The van der Waals surface area contributed by atoms with Crippen LogP contribution in [0.1, 0.15) is 12.0 Å². The van der Waals surface area contributed by atoms with Crippen LogP contribution >= 0.6 is 0 Å². The van der Waals surface area contributed by atoms with Gasteiger partial charge in [0.15, 0.2) is 0 Å². The Hall–Kier alpha value is -1.39. The van der Waals surface area contributed by atoms with Crippen molar-refractivity contribution in [2.45, 2.75) is 19.0 Å². The van der Waals surface area contributed by atoms with Crippen LogP contribution in [0.4, 0.5) is 0 Å². The topological polar surface area (TPSA) is 49.9 Å². The fourth-order valence-corrected chi connectivity index (χ4v) is 2.13. The minimum atomic E-state index is 0.498. The number of hydrogen-bond donors (Lipinski definition) is 2. The van der Waals surface area contributed by atoms with Gasteiger partial charge in [0.2, 0.25) is 0 Å². The molecule has 0 spiro atoms. The maximum absolute atomic E-state index is 5.34. The number of rotatable bonds is 3. The van der Waals surface area contributed by atoms with Gasteiger partial charge in [0.05, 0.1) is 18.3 Å². The Bertz CT molecular complexity index is 474. The normalized spacial score (nSPS) is 20.6. The molecule has 1 atom stereocenters. The SMILES string of the molecule is c1cc(CNC2CCOC2)c2[nH]ncc2c1. The average molecular weight is 217 g/mol. The highest BCUT2D eigenvalue weighted by Gasteiger charge is 2.14. The Morgan fingerprint density at radius 3 is 3.38 bits per heavy atom. The molecule has 0 bridgehead atoms. The summed E-state index contributed by atoms with van der Waals surface area (Å²) in [6.07, 6.45) is 2.97. The third kappa shape index (κ3) is 1.81. The van der Waals surface area contributed by atoms with Crippen molar-refractivity contribution in [2.24, 2.45) is 0 Å². The zero-order valence-corrected chi connectivity index (χ0v) is 9.07. The van der Waals surface area contributed by atoms with Crippen LogP contribution in [0.2, 0.25) is 0 Å². The molecule has 4 heteroatoms. The van der Waals surface area contributed by atoms with E-state index in [1.165, 1.54) is 10.9 Å². The molecule has 2 N–H and O–H groups in total. The summed E-state index contributed by atoms with van der Waals surface area (Å²) in [6, 6.07) is 6.77. The highest BCUT2D eigenvalue weighted by Crippen LogP contribution is 2.15. The van der Waals surface area contributed by atoms with Gasteiger partial charge in [0, 0.05) is 24.6 Å². The lowest BCUT2D eigenvalue weighted by Crippen LogP contribution is -2.28. The molecule has 1 aromatic carbocycles. The van der Waals surface area contributed by atoms with Crippen LogP contribution in [0, 0.1) is 0 Å². The maximum Gasteiger partial charge on any atom is 0.0695 e. The molecule has 1 aromatic heterocycles. The number of fused-ring (bicyclic) bond motifs is 1. The number of aromatic amines is 1. The predicted molar refractivity (Wildman–Crippen MR) is 62.2 cm³/mol. The van der Waals surface area contributed by atoms with Crippen LogP contribution in [0.3, 0.4) is 0 Å². The monoisotopic (exact) mass is 217 g/mol. The van der Waals surface area contributed by atoms with Crippen molar-refractivity contribution in [3.8, 4) is 0 Å². The van der Waals surface area contributed by atoms with Crippen molar-refractivity contribution in [3.05, 3.63) is 30.0 Å². The first-order valence-corrected chi connectivity index (χ1v) is 5.65. The van der Waals surface area contributed by atoms with Crippen molar-refractivity contribution in [1.29, 1.82) is 0 Å². The second-order valence-electron chi connectivity index (χ2n) is 4.19. The van der Waals surface area contributed by atoms with Gasteiger partial charge in [-0.2, -0.15) is 5.10 Å². The standard InChI is InChI=1S/C12H15N3O/c1-2-9(6-13-11-4-5-16-8-11)12-10(3-1)7-14-15-12/h1-3,7,11,13H,4-6,8H2,(H,14,15). The van der Waals surface area contributed by atoms with Crippen molar-refractivity contribution in [2.75, 3.05) is 13.2 Å². The summed E-state index contributed by atoms with van der Waals surface area (Å²) in [5, 5.41) is 11.8. The molecule has 2 heterocycles. The smallest absolute Gasteiger partial charge is 0.0695 e. The number of ether oxygens (including phenoxy) is 1. The number of nitrogens with zero attached hydrogens (tertiary/aromatic N) is 1. The van der Waals surface area contributed by atoms with E-state index in [1.807, 2.05) is 6.20 Å². The number of benzene rings is 1. The fraction of sp³-hybridized carbons (Fsp3) is 0.417. The lowest BCUT2D eigenvalue weighted by atomic mass is 10.1. The summed E-state index contributed by atoms with van der Waals surface area (Å²) >= 11 is 0. The molecule has 4 nitrogen and oxygen atoms in total. The van der Waals surface area contributed by atoms with Gasteiger partial charge in [-0.25, -0.2) is 0 Å². The summed E-state index contributed by atoms with van der Waals surface area (Å²) in [6.45, 7) is 2.58. The molecular weight excluding hydrogens is 202 g/mol. The molecule has 0 radical (unpaired) electrons. The Morgan fingerprint density at radius 2 is 2.50 bits per heavy atom. The third-order valence-corrected chi connectivity index (χ3v) is 3.07. The molecule has 2 aromatic rings. The van der Waals surface area contributed by atoms with Crippen LogP contribution in [0.5, 0.6) is 0 Å². The third-order valence-electron chi connectivity index (χ3n) is 3.07. The van der Waals surface area contributed by atoms with E-state index in [0.29, 0.717) is 6.04 Å². The van der Waals surface area contributed by atoms with E-state index in [4.69, 9.17) is 4.74 Å². The number of hydrogen-bond acceptors (Lipinski definition) is 3. The molecule has 16 heavy (non-hydrogen) atoms. The van der Waals surface area contributed by atoms with Gasteiger partial charge in [-0.1, -0.05) is 18.2 Å². The molecule has 0 aliphatic carbocycles. The Kier molecular flexibility index (Phi) is 2.60. The quantitative estimate of drug-likeness (QED) is 0.818. The Morgan fingerprint density at radius 1 is 1.50 bits per heavy atom. The van der Waals surface area contributed by atoms with Crippen LogP contribution < -0.4 is 5.32 Å². The second kappa shape index (κ2) is 4.23. The van der Waals surface area contributed by atoms with E-state index < -0.39 is 0 Å². The van der Waals surface area contributed by atoms with Crippen LogP contribution in [0.25, 0.3) is 10.9 Å². The van der Waals surface area contributed by atoms with Crippen molar-refractivity contribution >= 4 is 10.9 Å². The van der Waals surface area contributed by atoms with E-state index in [1.54, 1.807) is 0 Å². The number of nitrogens with one attached hydrogen (secondary N) is 2. The summed E-state index contributed by atoms with van der Waals surface area (Å²) < 4.78 is 5.34. The molecule has 1 saturated heterocycles. The van der Waals surface area contributed by atoms with Crippen LogP contribution in [0.15, 0.2) is 24.4 Å². The van der Waals surface area contributed by atoms with Gasteiger partial charge in [0.1, 0.15) is 0 Å². The summed E-state index contributed by atoms with van der Waals surface area (Å²) in [5.74, 6) is 0. The lowest BCUT2D eigenvalue weighted by molar-refractivity contribution is 0.190. The Balaban J connectivity index is 1.75. The number of aromatic nitrogens is 2. The van der Waals surface area contributed by atoms with E-state index in [2.05, 4.69) is 33.7 Å². The minimum Gasteiger partial charge on any atom is -0.380 e. The molecule has 1 unspecified atom stereocenters. The van der Waals surface area contributed by atoms with Gasteiger partial charge in [-0.15, -0.1) is 0 Å². The van der Waals surface area contributed by atoms with E-state index in [0.717, 1.165) is 31.7 Å². The van der Waals surface area contributed by atoms with Crippen LogP contribution in [-0.4, -0.2) is 29.5 Å². The van der Waals surface area contributed by atoms with Gasteiger partial charge in [-0.05, 0) is 12.0 Å². The first-order chi connectivity index (χ1) is 7.93. The largest absolute Gasteiger partial charge is 0.380 e. The van der Waals surface area contributed by atoms with Crippen molar-refractivity contribution in [1.82, 2.24) is 15.5 Å². The van der Waals surface area contributed by atoms with E-state index in [-0.39, 0.29) is 0 Å². The second-order valence-corrected chi connectivity index (χ2v) is 4.19. The van der Waals surface area contributed by atoms with Gasteiger partial charge >= 0.3 is 0 Å². The average Bonchev–Trinajstić information content (AvgIpc) is 2.97. The number of H-pyrrole nitrogens is 1. The summed E-state index contributed by atoms with van der Waals surface area (Å²) in [7, 11) is 0. The minimum absolute atomic E-state index is 0.498. The predicted octanol–water partition coefficient (Wildman–Crippen LogP) is 1.44. The van der Waals surface area contributed by atoms with Crippen LogP contribution in [-0.2, 0) is 11.3 Å². The highest BCUT2D eigenvalue weighted by atomic mass is 16.5. The van der Waals surface area contributed by atoms with E-state index in [9.17, 15) is 0 Å². The van der Waals surface area contributed by atoms with Crippen molar-refractivity contribution < 1.29 is 4.74 Å². The number of para-hydroxylation sites is 1. The molecule has 1 fully saturated rings. The highest BCUT2D eigenvalue weighted by molar-refractivity contribution is 5.81. The molecular formula is C12H15N3O. The van der Waals surface area contributed by atoms with Gasteiger partial charge < -0.3 is 10.1 Å². The first kappa shape index (κ1) is 9.81. The molecule has 1 aliphatic rings. The maximum atomic E-state index is 5.34. The summed E-state index contributed by atoms with van der Waals surface area (Å²) in [5.41, 5.74) is 2.40. The zero-order chi connectivity index (χ0) is 10.8. The van der Waals surface area contributed by atoms with Crippen molar-refractivity contribution in [3.63, 3.8) is 0 Å². The molecule has 3 rings (SSSR count). The van der Waals surface area contributed by atoms with Gasteiger partial charge in [-0.3, -0.25) is 5.10 Å². The molecule has 84 valence electrons. The lowest BCUT2D eigenvalue weighted by Gasteiger charge is -2.10. The molecule has 0 amide bonds. The summed E-state index contributed by atoms with van der Waals surface area (Å²) in [4.78, 5) is 0. The van der Waals surface area contributed by atoms with E-state index >= 15 is 0 Å². The molecule has 0 saturated carbocycles. The Labute approximate surface area is 94.0 Å². The molecule has 1 aliphatic heterocycles. The zero-order valence-electron chi connectivity index (χ0n) is 9.07.